The summed E-state index contributed by atoms with van der Waals surface area (Å²) in [6.45, 7) is -0.442. The Hall–Kier alpha value is -1.57. The van der Waals surface area contributed by atoms with Gasteiger partial charge in [-0.1, -0.05) is 0 Å². The first-order chi connectivity index (χ1) is 8.32. The maximum atomic E-state index is 12.3. The fourth-order valence-corrected chi connectivity index (χ4v) is 1.56. The third kappa shape index (κ3) is 4.36. The molecule has 0 unspecified atom stereocenters. The maximum Gasteiger partial charge on any atom is 0.416 e. The highest BCUT2D eigenvalue weighted by Gasteiger charge is 2.29. The van der Waals surface area contributed by atoms with Gasteiger partial charge in [-0.05, 0) is 30.5 Å². The minimum absolute atomic E-state index is 0.236. The predicted molar refractivity (Wildman–Crippen MR) is 63.9 cm³/mol. The molecular formula is C10H9F3N2O2S. The molecule has 18 heavy (non-hydrogen) atoms. The Morgan fingerprint density at radius 1 is 1.39 bits per heavy atom. The first-order valence-electron chi connectivity index (χ1n) is 4.73. The van der Waals surface area contributed by atoms with Crippen molar-refractivity contribution in [1.82, 2.24) is 0 Å². The zero-order valence-electron chi connectivity index (χ0n) is 9.27. The highest BCUT2D eigenvalue weighted by molar-refractivity contribution is 8.13. The van der Waals surface area contributed by atoms with Gasteiger partial charge in [0, 0.05) is 4.92 Å². The third-order valence-electron chi connectivity index (χ3n) is 1.95. The summed E-state index contributed by atoms with van der Waals surface area (Å²) in [7, 11) is 0. The number of rotatable bonds is 3. The van der Waals surface area contributed by atoms with Crippen LogP contribution in [0.4, 0.5) is 18.9 Å². The standard InChI is InChI=1S/C10H9F3N2O2S/c1-18-9(6-15(16)17)14-8-4-2-7(3-5-8)10(11,12)13/h2-5H,6H2,1H3. The van der Waals surface area contributed by atoms with Gasteiger partial charge in [-0.2, -0.15) is 13.2 Å². The van der Waals surface area contributed by atoms with E-state index in [1.807, 2.05) is 0 Å². The molecule has 0 aliphatic heterocycles. The van der Waals surface area contributed by atoms with Gasteiger partial charge in [0.15, 0.2) is 0 Å². The Morgan fingerprint density at radius 3 is 2.33 bits per heavy atom. The fraction of sp³-hybridized carbons (Fsp3) is 0.300. The van der Waals surface area contributed by atoms with E-state index in [-0.39, 0.29) is 10.7 Å². The molecule has 98 valence electrons. The van der Waals surface area contributed by atoms with Crippen LogP contribution in [0.5, 0.6) is 0 Å². The molecule has 0 heterocycles. The van der Waals surface area contributed by atoms with Gasteiger partial charge in [0.1, 0.15) is 5.04 Å². The Balaban J connectivity index is 2.91. The lowest BCUT2D eigenvalue weighted by molar-refractivity contribution is -0.462. The maximum absolute atomic E-state index is 12.3. The number of hydrogen-bond donors (Lipinski definition) is 0. The van der Waals surface area contributed by atoms with E-state index in [1.165, 1.54) is 12.1 Å². The molecule has 0 aromatic heterocycles. The van der Waals surface area contributed by atoms with Crippen LogP contribution in [0.15, 0.2) is 29.3 Å². The van der Waals surface area contributed by atoms with E-state index >= 15 is 0 Å². The lowest BCUT2D eigenvalue weighted by Crippen LogP contribution is -2.09. The van der Waals surface area contributed by atoms with Crippen molar-refractivity contribution in [3.8, 4) is 0 Å². The van der Waals surface area contributed by atoms with Crippen molar-refractivity contribution in [1.29, 1.82) is 0 Å². The van der Waals surface area contributed by atoms with E-state index in [9.17, 15) is 23.3 Å². The lowest BCUT2D eigenvalue weighted by atomic mass is 10.2. The predicted octanol–water partition coefficient (Wildman–Crippen LogP) is 3.38. The number of alkyl halides is 3. The van der Waals surface area contributed by atoms with E-state index in [0.717, 1.165) is 23.9 Å². The van der Waals surface area contributed by atoms with Gasteiger partial charge in [-0.25, -0.2) is 4.99 Å². The number of hydrogen-bond acceptors (Lipinski definition) is 4. The van der Waals surface area contributed by atoms with Gasteiger partial charge < -0.3 is 0 Å². The topological polar surface area (TPSA) is 55.5 Å². The minimum atomic E-state index is -4.40. The van der Waals surface area contributed by atoms with Crippen LogP contribution < -0.4 is 0 Å². The van der Waals surface area contributed by atoms with Crippen LogP contribution in [0.3, 0.4) is 0 Å². The molecule has 0 spiro atoms. The number of nitro groups is 1. The van der Waals surface area contributed by atoms with E-state index in [0.29, 0.717) is 0 Å². The number of aliphatic imine (C=N–C) groups is 1. The van der Waals surface area contributed by atoms with Crippen LogP contribution in [-0.2, 0) is 6.18 Å². The average Bonchev–Trinajstić information content (AvgIpc) is 2.27. The Morgan fingerprint density at radius 2 is 1.94 bits per heavy atom. The molecule has 0 radical (unpaired) electrons. The molecule has 4 nitrogen and oxygen atoms in total. The van der Waals surface area contributed by atoms with Crippen molar-refractivity contribution in [2.24, 2.45) is 4.99 Å². The first-order valence-corrected chi connectivity index (χ1v) is 5.96. The van der Waals surface area contributed by atoms with Gasteiger partial charge in [0.05, 0.1) is 11.3 Å². The summed E-state index contributed by atoms with van der Waals surface area (Å²) in [5, 5.41) is 10.5. The van der Waals surface area contributed by atoms with Gasteiger partial charge in [0.2, 0.25) is 0 Å². The fourth-order valence-electron chi connectivity index (χ4n) is 1.12. The number of benzene rings is 1. The summed E-state index contributed by atoms with van der Waals surface area (Å²) in [6.07, 6.45) is -2.78. The van der Waals surface area contributed by atoms with Crippen molar-refractivity contribution in [2.75, 3.05) is 12.8 Å². The first kappa shape index (κ1) is 14.5. The van der Waals surface area contributed by atoms with Crippen molar-refractivity contribution in [2.45, 2.75) is 6.18 Å². The van der Waals surface area contributed by atoms with Crippen molar-refractivity contribution in [3.05, 3.63) is 39.9 Å². The van der Waals surface area contributed by atoms with Gasteiger partial charge in [-0.15, -0.1) is 11.8 Å². The molecular weight excluding hydrogens is 269 g/mol. The second kappa shape index (κ2) is 5.85. The van der Waals surface area contributed by atoms with Crippen LogP contribution in [0.2, 0.25) is 0 Å². The average molecular weight is 278 g/mol. The van der Waals surface area contributed by atoms with Gasteiger partial charge >= 0.3 is 6.18 Å². The van der Waals surface area contributed by atoms with Crippen LogP contribution >= 0.6 is 11.8 Å². The van der Waals surface area contributed by atoms with Crippen LogP contribution in [0.25, 0.3) is 0 Å². The van der Waals surface area contributed by atoms with Crippen molar-refractivity contribution in [3.63, 3.8) is 0 Å². The molecule has 0 bridgehead atoms. The number of nitrogens with zero attached hydrogens (tertiary/aromatic N) is 2. The summed E-state index contributed by atoms with van der Waals surface area (Å²) >= 11 is 1.09. The molecule has 0 fully saturated rings. The van der Waals surface area contributed by atoms with Gasteiger partial charge in [-0.3, -0.25) is 10.1 Å². The summed E-state index contributed by atoms with van der Waals surface area (Å²) < 4.78 is 36.9. The normalized spacial score (nSPS) is 12.6. The third-order valence-corrected chi connectivity index (χ3v) is 2.64. The second-order valence-corrected chi connectivity index (χ2v) is 4.12. The summed E-state index contributed by atoms with van der Waals surface area (Å²) in [5.41, 5.74) is -0.518. The van der Waals surface area contributed by atoms with E-state index in [2.05, 4.69) is 4.99 Å². The highest BCUT2D eigenvalue weighted by atomic mass is 32.2. The molecule has 1 aromatic carbocycles. The zero-order valence-corrected chi connectivity index (χ0v) is 10.1. The largest absolute Gasteiger partial charge is 0.416 e. The second-order valence-electron chi connectivity index (χ2n) is 3.25. The quantitative estimate of drug-likeness (QED) is 0.368. The molecule has 1 rings (SSSR count). The summed E-state index contributed by atoms with van der Waals surface area (Å²) in [4.78, 5) is 13.7. The molecule has 0 amide bonds. The molecule has 0 saturated carbocycles. The van der Waals surface area contributed by atoms with Crippen LogP contribution in [0, 0.1) is 10.1 Å². The molecule has 0 saturated heterocycles. The Kier molecular flexibility index (Phi) is 4.71. The molecule has 0 aliphatic rings. The smallest absolute Gasteiger partial charge is 0.264 e. The van der Waals surface area contributed by atoms with Crippen molar-refractivity contribution < 1.29 is 18.1 Å². The van der Waals surface area contributed by atoms with E-state index < -0.39 is 23.2 Å². The highest BCUT2D eigenvalue weighted by Crippen LogP contribution is 2.30. The molecule has 0 atom stereocenters. The van der Waals surface area contributed by atoms with Crippen LogP contribution in [-0.4, -0.2) is 22.8 Å². The molecule has 8 heteroatoms. The monoisotopic (exact) mass is 278 g/mol. The molecule has 0 aliphatic carbocycles. The number of halogens is 3. The SMILES string of the molecule is CSC(C[N+](=O)[O-])=Nc1ccc(C(F)(F)F)cc1. The summed E-state index contributed by atoms with van der Waals surface area (Å²) in [5.74, 6) is 0. The molecule has 0 N–H and O–H groups in total. The summed E-state index contributed by atoms with van der Waals surface area (Å²) in [6, 6.07) is 4.14. The van der Waals surface area contributed by atoms with Gasteiger partial charge in [0.25, 0.3) is 6.54 Å². The Bertz CT molecular complexity index is 457. The van der Waals surface area contributed by atoms with E-state index in [1.54, 1.807) is 6.26 Å². The zero-order chi connectivity index (χ0) is 13.8. The van der Waals surface area contributed by atoms with E-state index in [4.69, 9.17) is 0 Å². The van der Waals surface area contributed by atoms with Crippen LogP contribution in [0.1, 0.15) is 5.56 Å². The van der Waals surface area contributed by atoms with Crippen molar-refractivity contribution >= 4 is 22.5 Å². The minimum Gasteiger partial charge on any atom is -0.264 e. The lowest BCUT2D eigenvalue weighted by Gasteiger charge is -2.06. The molecule has 1 aromatic rings. The Labute approximate surface area is 105 Å². The number of thioether (sulfide) groups is 1.